The number of hydrogen-bond donors (Lipinski definition) is 2. The van der Waals surface area contributed by atoms with Crippen molar-refractivity contribution in [1.29, 1.82) is 0 Å². The van der Waals surface area contributed by atoms with Crippen LogP contribution in [0.5, 0.6) is 5.75 Å². The van der Waals surface area contributed by atoms with E-state index in [0.29, 0.717) is 12.6 Å². The minimum Gasteiger partial charge on any atom is -0.483 e. The highest BCUT2D eigenvalue weighted by atomic mass is 19.1. The molecule has 0 saturated carbocycles. The van der Waals surface area contributed by atoms with Crippen molar-refractivity contribution in [2.24, 2.45) is 0 Å². The molecule has 3 aromatic rings. The third-order valence-corrected chi connectivity index (χ3v) is 7.01. The Morgan fingerprint density at radius 3 is 2.56 bits per heavy atom. The standard InChI is InChI=1S/C29H28F2N4O6/c1-16(2)34-12-20-14-40-15-22-24(28(38)33-32-23(36)10-18-8-9-19(30)11-21(18)31)26(37)27(25(29(34)39)35(20)22)41-13-17-6-4-3-5-7-17/h3-9,11,16,20H,10,12-15H2,1-2H3,(H,32,36)(H,33,38)/t20-/m1/s1. The van der Waals surface area contributed by atoms with Gasteiger partial charge in [-0.2, -0.15) is 0 Å². The first kappa shape index (κ1) is 28.0. The molecule has 0 unspecified atom stereocenters. The number of nitrogens with one attached hydrogen (secondary N) is 2. The number of carbonyl (C=O) groups excluding carboxylic acids is 3. The molecule has 5 rings (SSSR count). The lowest BCUT2D eigenvalue weighted by Crippen LogP contribution is -2.52. The molecule has 2 N–H and O–H groups in total. The molecule has 1 aromatic heterocycles. The van der Waals surface area contributed by atoms with Crippen LogP contribution >= 0.6 is 0 Å². The number of amides is 3. The Bertz CT molecular complexity index is 1570. The van der Waals surface area contributed by atoms with Gasteiger partial charge in [0.05, 0.1) is 31.4 Å². The number of halogens is 2. The predicted molar refractivity (Wildman–Crippen MR) is 142 cm³/mol. The van der Waals surface area contributed by atoms with Gasteiger partial charge in [0.25, 0.3) is 11.8 Å². The zero-order chi connectivity index (χ0) is 29.3. The summed E-state index contributed by atoms with van der Waals surface area (Å²) in [5.41, 5.74) is 4.07. The summed E-state index contributed by atoms with van der Waals surface area (Å²) in [4.78, 5) is 54.8. The molecule has 41 heavy (non-hydrogen) atoms. The molecule has 0 fully saturated rings. The molecular formula is C29H28F2N4O6. The summed E-state index contributed by atoms with van der Waals surface area (Å²) in [5.74, 6) is -4.13. The van der Waals surface area contributed by atoms with Crippen LogP contribution in [-0.4, -0.2) is 46.4 Å². The lowest BCUT2D eigenvalue weighted by atomic mass is 10.0. The minimum absolute atomic E-state index is 0.0282. The van der Waals surface area contributed by atoms with Crippen molar-refractivity contribution in [3.05, 3.63) is 98.5 Å². The van der Waals surface area contributed by atoms with E-state index in [1.54, 1.807) is 33.7 Å². The van der Waals surface area contributed by atoms with Crippen molar-refractivity contribution >= 4 is 17.7 Å². The molecule has 0 radical (unpaired) electrons. The van der Waals surface area contributed by atoms with Gasteiger partial charge in [0.1, 0.15) is 23.8 Å². The molecule has 0 aliphatic carbocycles. The molecule has 10 nitrogen and oxygen atoms in total. The molecule has 2 aromatic carbocycles. The first-order chi connectivity index (χ1) is 19.7. The highest BCUT2D eigenvalue weighted by Gasteiger charge is 2.41. The topological polar surface area (TPSA) is 119 Å². The first-order valence-electron chi connectivity index (χ1n) is 13.1. The summed E-state index contributed by atoms with van der Waals surface area (Å²) < 4.78 is 40.5. The second kappa shape index (κ2) is 11.5. The summed E-state index contributed by atoms with van der Waals surface area (Å²) in [5, 5.41) is 0. The van der Waals surface area contributed by atoms with Gasteiger partial charge in [-0.05, 0) is 31.0 Å². The van der Waals surface area contributed by atoms with Crippen LogP contribution in [0.2, 0.25) is 0 Å². The molecule has 0 bridgehead atoms. The van der Waals surface area contributed by atoms with E-state index in [2.05, 4.69) is 10.9 Å². The van der Waals surface area contributed by atoms with Crippen LogP contribution in [0, 0.1) is 11.6 Å². The van der Waals surface area contributed by atoms with Crippen LogP contribution < -0.4 is 21.0 Å². The van der Waals surface area contributed by atoms with Gasteiger partial charge in [0, 0.05) is 18.7 Å². The highest BCUT2D eigenvalue weighted by molar-refractivity contribution is 6.01. The quantitative estimate of drug-likeness (QED) is 0.425. The SMILES string of the molecule is CC(C)N1C[C@@H]2COCc3c(C(=O)NNC(=O)Cc4ccc(F)cc4F)c(=O)c(OCc4ccccc4)c(n32)C1=O. The van der Waals surface area contributed by atoms with Gasteiger partial charge in [-0.25, -0.2) is 8.78 Å². The Kier molecular flexibility index (Phi) is 7.84. The van der Waals surface area contributed by atoms with Crippen molar-refractivity contribution in [3.8, 4) is 5.75 Å². The maximum absolute atomic E-state index is 14.0. The van der Waals surface area contributed by atoms with Crippen LogP contribution in [0.1, 0.15) is 57.6 Å². The second-order valence-electron chi connectivity index (χ2n) is 10.1. The molecule has 0 spiro atoms. The lowest BCUT2D eigenvalue weighted by Gasteiger charge is -2.42. The molecule has 3 amide bonds. The molecule has 2 aliphatic rings. The maximum atomic E-state index is 14.0. The average Bonchev–Trinajstić information content (AvgIpc) is 2.94. The van der Waals surface area contributed by atoms with E-state index in [-0.39, 0.29) is 60.2 Å². The Morgan fingerprint density at radius 1 is 1.10 bits per heavy atom. The first-order valence-corrected chi connectivity index (χ1v) is 13.1. The monoisotopic (exact) mass is 566 g/mol. The zero-order valence-electron chi connectivity index (χ0n) is 22.4. The molecule has 0 saturated heterocycles. The van der Waals surface area contributed by atoms with Crippen molar-refractivity contribution in [2.75, 3.05) is 13.2 Å². The van der Waals surface area contributed by atoms with Gasteiger partial charge in [-0.3, -0.25) is 30.0 Å². The Hall–Kier alpha value is -4.58. The van der Waals surface area contributed by atoms with E-state index >= 15 is 0 Å². The van der Waals surface area contributed by atoms with E-state index in [4.69, 9.17) is 9.47 Å². The zero-order valence-corrected chi connectivity index (χ0v) is 22.4. The lowest BCUT2D eigenvalue weighted by molar-refractivity contribution is -0.121. The second-order valence-corrected chi connectivity index (χ2v) is 10.1. The molecule has 1 atom stereocenters. The van der Waals surface area contributed by atoms with Gasteiger partial charge in [-0.15, -0.1) is 0 Å². The number of rotatable bonds is 7. The average molecular weight is 567 g/mol. The number of hydrazine groups is 1. The van der Waals surface area contributed by atoms with Gasteiger partial charge < -0.3 is 18.9 Å². The van der Waals surface area contributed by atoms with Crippen LogP contribution in [0.3, 0.4) is 0 Å². The number of benzene rings is 2. The number of aromatic nitrogens is 1. The fourth-order valence-corrected chi connectivity index (χ4v) is 5.02. The maximum Gasteiger partial charge on any atom is 0.275 e. The molecular weight excluding hydrogens is 538 g/mol. The molecule has 214 valence electrons. The summed E-state index contributed by atoms with van der Waals surface area (Å²) in [6.07, 6.45) is -0.488. The highest BCUT2D eigenvalue weighted by Crippen LogP contribution is 2.34. The number of carbonyl (C=O) groups is 3. The van der Waals surface area contributed by atoms with Gasteiger partial charge >= 0.3 is 0 Å². The molecule has 2 aliphatic heterocycles. The third kappa shape index (κ3) is 5.55. The number of pyridine rings is 1. The largest absolute Gasteiger partial charge is 0.483 e. The Labute approximate surface area is 233 Å². The van der Waals surface area contributed by atoms with Crippen LogP contribution in [0.15, 0.2) is 53.3 Å². The van der Waals surface area contributed by atoms with Gasteiger partial charge in [-0.1, -0.05) is 36.4 Å². The summed E-state index contributed by atoms with van der Waals surface area (Å²) in [6.45, 7) is 4.13. The van der Waals surface area contributed by atoms with Crippen molar-refractivity contribution in [3.63, 3.8) is 0 Å². The van der Waals surface area contributed by atoms with E-state index in [0.717, 1.165) is 17.7 Å². The summed E-state index contributed by atoms with van der Waals surface area (Å²) in [6, 6.07) is 11.3. The normalized spacial score (nSPS) is 15.9. The summed E-state index contributed by atoms with van der Waals surface area (Å²) >= 11 is 0. The Balaban J connectivity index is 1.49. The van der Waals surface area contributed by atoms with Gasteiger partial charge in [0.2, 0.25) is 11.3 Å². The van der Waals surface area contributed by atoms with Crippen molar-refractivity contribution < 1.29 is 32.6 Å². The number of ether oxygens (including phenoxy) is 2. The van der Waals surface area contributed by atoms with Crippen LogP contribution in [0.4, 0.5) is 8.78 Å². The van der Waals surface area contributed by atoms with Crippen LogP contribution in [-0.2, 0) is 29.2 Å². The van der Waals surface area contributed by atoms with Gasteiger partial charge in [0.15, 0.2) is 11.4 Å². The van der Waals surface area contributed by atoms with Crippen molar-refractivity contribution in [1.82, 2.24) is 20.3 Å². The minimum atomic E-state index is -0.958. The molecule has 3 heterocycles. The van der Waals surface area contributed by atoms with E-state index in [9.17, 15) is 28.0 Å². The van der Waals surface area contributed by atoms with E-state index in [1.165, 1.54) is 0 Å². The molecule has 12 heteroatoms. The summed E-state index contributed by atoms with van der Waals surface area (Å²) in [7, 11) is 0. The van der Waals surface area contributed by atoms with E-state index < -0.39 is 41.2 Å². The smallest absolute Gasteiger partial charge is 0.275 e. The van der Waals surface area contributed by atoms with Crippen molar-refractivity contribution in [2.45, 2.75) is 45.6 Å². The fraction of sp³-hybridized carbons (Fsp3) is 0.310. The number of nitrogens with zero attached hydrogens (tertiary/aromatic N) is 2. The van der Waals surface area contributed by atoms with E-state index in [1.807, 2.05) is 19.9 Å². The fourth-order valence-electron chi connectivity index (χ4n) is 5.02. The predicted octanol–water partition coefficient (Wildman–Crippen LogP) is 2.64. The number of hydrogen-bond acceptors (Lipinski definition) is 6. The third-order valence-electron chi connectivity index (χ3n) is 7.01. The Morgan fingerprint density at radius 2 is 1.85 bits per heavy atom. The van der Waals surface area contributed by atoms with Crippen LogP contribution in [0.25, 0.3) is 0 Å².